The van der Waals surface area contributed by atoms with Crippen molar-refractivity contribution in [3.05, 3.63) is 102 Å². The summed E-state index contributed by atoms with van der Waals surface area (Å²) >= 11 is 9.12. The summed E-state index contributed by atoms with van der Waals surface area (Å²) in [6, 6.07) is 15.6. The van der Waals surface area contributed by atoms with Crippen molar-refractivity contribution in [2.24, 2.45) is 0 Å². The van der Waals surface area contributed by atoms with Crippen LogP contribution >= 0.6 is 27.5 Å². The zero-order valence-electron chi connectivity index (χ0n) is 16.9. The van der Waals surface area contributed by atoms with Gasteiger partial charge in [0, 0.05) is 26.8 Å². The summed E-state index contributed by atoms with van der Waals surface area (Å²) in [5.41, 5.74) is -0.683. The lowest BCUT2D eigenvalue weighted by Crippen LogP contribution is -2.13. The van der Waals surface area contributed by atoms with E-state index in [1.807, 2.05) is 6.07 Å². The highest BCUT2D eigenvalue weighted by molar-refractivity contribution is 9.10. The van der Waals surface area contributed by atoms with Crippen LogP contribution in [0.1, 0.15) is 5.56 Å². The molecule has 0 radical (unpaired) electrons. The van der Waals surface area contributed by atoms with Crippen LogP contribution < -0.4 is 10.1 Å². The number of nitrogens with one attached hydrogen (secondary N) is 1. The van der Waals surface area contributed by atoms with Gasteiger partial charge in [0.05, 0.1) is 15.9 Å². The molecule has 12 heteroatoms. The van der Waals surface area contributed by atoms with Gasteiger partial charge in [-0.3, -0.25) is 25.0 Å². The molecular weight excluding hydrogens is 532 g/mol. The molecule has 34 heavy (non-hydrogen) atoms. The maximum absolute atomic E-state index is 12.6. The van der Waals surface area contributed by atoms with Gasteiger partial charge in [0.1, 0.15) is 17.4 Å². The predicted molar refractivity (Wildman–Crippen MR) is 128 cm³/mol. The lowest BCUT2D eigenvalue weighted by atomic mass is 10.1. The molecule has 0 aromatic heterocycles. The van der Waals surface area contributed by atoms with Crippen LogP contribution in [0.4, 0.5) is 17.1 Å². The van der Waals surface area contributed by atoms with Gasteiger partial charge in [-0.05, 0) is 54.6 Å². The summed E-state index contributed by atoms with van der Waals surface area (Å²) in [5, 5.41) is 34.9. The molecule has 0 unspecified atom stereocenters. The molecular formula is C22H12BrClN4O6. The van der Waals surface area contributed by atoms with Crippen molar-refractivity contribution in [2.75, 3.05) is 5.32 Å². The second kappa shape index (κ2) is 10.6. The summed E-state index contributed by atoms with van der Waals surface area (Å²) in [4.78, 5) is 33.4. The third-order valence-electron chi connectivity index (χ3n) is 4.31. The van der Waals surface area contributed by atoms with Crippen molar-refractivity contribution in [3.8, 4) is 17.6 Å². The van der Waals surface area contributed by atoms with E-state index in [9.17, 15) is 30.3 Å². The first-order valence-electron chi connectivity index (χ1n) is 9.27. The van der Waals surface area contributed by atoms with Crippen molar-refractivity contribution in [3.63, 3.8) is 0 Å². The Morgan fingerprint density at radius 1 is 1.03 bits per heavy atom. The highest BCUT2D eigenvalue weighted by atomic mass is 79.9. The number of benzene rings is 3. The molecule has 0 saturated carbocycles. The first kappa shape index (κ1) is 24.4. The van der Waals surface area contributed by atoms with Crippen LogP contribution in [0.5, 0.6) is 11.5 Å². The molecule has 3 aromatic carbocycles. The molecule has 0 aliphatic carbocycles. The van der Waals surface area contributed by atoms with Crippen LogP contribution in [-0.2, 0) is 4.79 Å². The largest absolute Gasteiger partial charge is 0.449 e. The average molecular weight is 544 g/mol. The van der Waals surface area contributed by atoms with Crippen LogP contribution in [0.15, 0.2) is 70.7 Å². The number of ether oxygens (including phenoxy) is 1. The van der Waals surface area contributed by atoms with Gasteiger partial charge in [0.15, 0.2) is 0 Å². The zero-order chi connectivity index (χ0) is 24.8. The summed E-state index contributed by atoms with van der Waals surface area (Å²) in [5.74, 6) is -0.874. The number of amides is 1. The molecule has 3 rings (SSSR count). The molecule has 3 aromatic rings. The Kier molecular flexibility index (Phi) is 7.57. The quantitative estimate of drug-likeness (QED) is 0.160. The van der Waals surface area contributed by atoms with Crippen LogP contribution in [0, 0.1) is 31.6 Å². The number of nitrogens with zero attached hydrogens (tertiary/aromatic N) is 3. The number of carbonyl (C=O) groups is 1. The summed E-state index contributed by atoms with van der Waals surface area (Å²) < 4.78 is 6.25. The number of nitro groups is 2. The van der Waals surface area contributed by atoms with Gasteiger partial charge >= 0.3 is 5.69 Å². The molecule has 0 atom stereocenters. The SMILES string of the molecule is N#C/C(=C\c1cc(Br)ccc1Oc1ccc([N+](=O)[O-])cc1[N+](=O)[O-])C(=O)Nc1ccc(Cl)cc1. The molecule has 0 heterocycles. The van der Waals surface area contributed by atoms with E-state index in [0.29, 0.717) is 15.2 Å². The number of non-ortho nitro benzene ring substituents is 1. The Labute approximate surface area is 205 Å². The Balaban J connectivity index is 1.97. The highest BCUT2D eigenvalue weighted by Gasteiger charge is 2.22. The topological polar surface area (TPSA) is 148 Å². The highest BCUT2D eigenvalue weighted by Crippen LogP contribution is 2.37. The van der Waals surface area contributed by atoms with Crippen LogP contribution in [0.3, 0.4) is 0 Å². The molecule has 0 bridgehead atoms. The minimum Gasteiger partial charge on any atom is -0.449 e. The van der Waals surface area contributed by atoms with Crippen molar-refractivity contribution in [2.45, 2.75) is 0 Å². The van der Waals surface area contributed by atoms with Gasteiger partial charge in [0.25, 0.3) is 11.6 Å². The lowest BCUT2D eigenvalue weighted by Gasteiger charge is -2.10. The number of nitriles is 1. The fourth-order valence-corrected chi connectivity index (χ4v) is 3.23. The first-order chi connectivity index (χ1) is 16.2. The standard InChI is InChI=1S/C22H12BrClN4O6/c23-15-1-7-20(34-21-8-6-18(27(30)31)11-19(21)28(32)33)13(10-15)9-14(12-25)22(29)26-17-4-2-16(24)3-5-17/h1-11H,(H,26,29)/b14-9+. The van der Waals surface area contributed by atoms with E-state index in [2.05, 4.69) is 21.2 Å². The number of hydrogen-bond acceptors (Lipinski definition) is 7. The second-order valence-electron chi connectivity index (χ2n) is 6.58. The third kappa shape index (κ3) is 5.94. The minimum absolute atomic E-state index is 0.0761. The van der Waals surface area contributed by atoms with Crippen LogP contribution in [0.2, 0.25) is 5.02 Å². The number of nitro benzene ring substituents is 2. The Bertz CT molecular complexity index is 1370. The molecule has 1 N–H and O–H groups in total. The summed E-state index contributed by atoms with van der Waals surface area (Å²) in [6.07, 6.45) is 1.25. The van der Waals surface area contributed by atoms with Crippen molar-refractivity contribution in [1.29, 1.82) is 5.26 Å². The monoisotopic (exact) mass is 542 g/mol. The Morgan fingerprint density at radius 3 is 2.32 bits per heavy atom. The summed E-state index contributed by atoms with van der Waals surface area (Å²) in [6.45, 7) is 0. The number of hydrogen-bond donors (Lipinski definition) is 1. The summed E-state index contributed by atoms with van der Waals surface area (Å²) in [7, 11) is 0. The average Bonchev–Trinajstić information content (AvgIpc) is 2.80. The predicted octanol–water partition coefficient (Wildman–Crippen LogP) is 6.26. The van der Waals surface area contributed by atoms with E-state index in [-0.39, 0.29) is 22.6 Å². The number of carbonyl (C=O) groups excluding carboxylic acids is 1. The molecule has 1 amide bonds. The van der Waals surface area contributed by atoms with Gasteiger partial charge in [-0.2, -0.15) is 5.26 Å². The molecule has 0 spiro atoms. The minimum atomic E-state index is -0.809. The van der Waals surface area contributed by atoms with Gasteiger partial charge < -0.3 is 10.1 Å². The molecule has 0 aliphatic rings. The van der Waals surface area contributed by atoms with E-state index in [1.54, 1.807) is 36.4 Å². The molecule has 170 valence electrons. The molecule has 10 nitrogen and oxygen atoms in total. The lowest BCUT2D eigenvalue weighted by molar-refractivity contribution is -0.394. The molecule has 0 saturated heterocycles. The number of halogens is 2. The van der Waals surface area contributed by atoms with E-state index < -0.39 is 27.1 Å². The van der Waals surface area contributed by atoms with Crippen molar-refractivity contribution in [1.82, 2.24) is 0 Å². The Hall–Kier alpha value is -4.27. The fraction of sp³-hybridized carbons (Fsp3) is 0. The van der Waals surface area contributed by atoms with Gasteiger partial charge in [-0.1, -0.05) is 27.5 Å². The van der Waals surface area contributed by atoms with Crippen molar-refractivity contribution < 1.29 is 19.4 Å². The Morgan fingerprint density at radius 2 is 1.71 bits per heavy atom. The van der Waals surface area contributed by atoms with Gasteiger partial charge in [0.2, 0.25) is 5.75 Å². The maximum Gasteiger partial charge on any atom is 0.318 e. The van der Waals surface area contributed by atoms with E-state index in [0.717, 1.165) is 18.2 Å². The number of anilines is 1. The molecule has 0 fully saturated rings. The van der Waals surface area contributed by atoms with E-state index in [4.69, 9.17) is 16.3 Å². The van der Waals surface area contributed by atoms with Gasteiger partial charge in [-0.25, -0.2) is 0 Å². The van der Waals surface area contributed by atoms with Crippen LogP contribution in [0.25, 0.3) is 6.08 Å². The van der Waals surface area contributed by atoms with Gasteiger partial charge in [-0.15, -0.1) is 0 Å². The third-order valence-corrected chi connectivity index (χ3v) is 5.05. The van der Waals surface area contributed by atoms with E-state index in [1.165, 1.54) is 12.1 Å². The van der Waals surface area contributed by atoms with Crippen LogP contribution in [-0.4, -0.2) is 15.8 Å². The zero-order valence-corrected chi connectivity index (χ0v) is 19.2. The van der Waals surface area contributed by atoms with E-state index >= 15 is 0 Å². The van der Waals surface area contributed by atoms with Crippen molar-refractivity contribution >= 4 is 56.6 Å². The smallest absolute Gasteiger partial charge is 0.318 e. The first-order valence-corrected chi connectivity index (χ1v) is 10.4. The maximum atomic E-state index is 12.6. The fourth-order valence-electron chi connectivity index (χ4n) is 2.73. The normalized spacial score (nSPS) is 10.8. The molecule has 0 aliphatic heterocycles. The number of rotatable bonds is 7. The second-order valence-corrected chi connectivity index (χ2v) is 7.93.